The SMILES string of the molecule is Nc1ccc(Br)c(Oc2ccn3nccc3n2)c1. The molecule has 0 saturated carbocycles. The molecule has 3 rings (SSSR count). The minimum atomic E-state index is 0.495. The molecule has 90 valence electrons. The van der Waals surface area contributed by atoms with Crippen LogP contribution in [0.25, 0.3) is 5.65 Å². The number of ether oxygens (including phenoxy) is 1. The molecule has 18 heavy (non-hydrogen) atoms. The number of fused-ring (bicyclic) bond motifs is 1. The lowest BCUT2D eigenvalue weighted by molar-refractivity contribution is 0.460. The van der Waals surface area contributed by atoms with Crippen LogP contribution in [0.1, 0.15) is 0 Å². The monoisotopic (exact) mass is 304 g/mol. The van der Waals surface area contributed by atoms with E-state index in [4.69, 9.17) is 10.5 Å². The number of aromatic nitrogens is 3. The molecule has 0 aliphatic rings. The summed E-state index contributed by atoms with van der Waals surface area (Å²) >= 11 is 3.40. The van der Waals surface area contributed by atoms with Gasteiger partial charge in [-0.2, -0.15) is 10.1 Å². The normalized spacial score (nSPS) is 10.7. The molecule has 0 radical (unpaired) electrons. The van der Waals surface area contributed by atoms with Crippen LogP contribution in [0.4, 0.5) is 5.69 Å². The van der Waals surface area contributed by atoms with Crippen LogP contribution in [-0.2, 0) is 0 Å². The number of anilines is 1. The molecular weight excluding hydrogens is 296 g/mol. The average molecular weight is 305 g/mol. The summed E-state index contributed by atoms with van der Waals surface area (Å²) in [5, 5.41) is 4.07. The van der Waals surface area contributed by atoms with Gasteiger partial charge in [-0.05, 0) is 28.1 Å². The standard InChI is InChI=1S/C12H9BrN4O/c13-9-2-1-8(14)7-10(9)18-12-4-6-17-11(16-12)3-5-15-17/h1-7H,14H2. The maximum atomic E-state index is 5.72. The van der Waals surface area contributed by atoms with Crippen molar-refractivity contribution in [2.24, 2.45) is 0 Å². The van der Waals surface area contributed by atoms with E-state index in [0.717, 1.165) is 10.1 Å². The lowest BCUT2D eigenvalue weighted by atomic mass is 10.3. The molecule has 0 aliphatic carbocycles. The molecule has 0 fully saturated rings. The largest absolute Gasteiger partial charge is 0.438 e. The molecule has 0 spiro atoms. The van der Waals surface area contributed by atoms with E-state index in [0.29, 0.717) is 17.3 Å². The van der Waals surface area contributed by atoms with E-state index in [2.05, 4.69) is 26.0 Å². The highest BCUT2D eigenvalue weighted by atomic mass is 79.9. The van der Waals surface area contributed by atoms with Gasteiger partial charge in [0.1, 0.15) is 5.75 Å². The van der Waals surface area contributed by atoms with Crippen molar-refractivity contribution in [2.45, 2.75) is 0 Å². The number of halogens is 1. The van der Waals surface area contributed by atoms with Gasteiger partial charge in [0, 0.05) is 30.1 Å². The Morgan fingerprint density at radius 1 is 1.22 bits per heavy atom. The zero-order valence-corrected chi connectivity index (χ0v) is 10.8. The molecule has 0 bridgehead atoms. The van der Waals surface area contributed by atoms with Gasteiger partial charge in [0.2, 0.25) is 5.88 Å². The van der Waals surface area contributed by atoms with Crippen molar-refractivity contribution in [1.29, 1.82) is 0 Å². The zero-order chi connectivity index (χ0) is 12.5. The van der Waals surface area contributed by atoms with Gasteiger partial charge < -0.3 is 10.5 Å². The van der Waals surface area contributed by atoms with Gasteiger partial charge in [0.15, 0.2) is 5.65 Å². The molecule has 2 aromatic heterocycles. The number of rotatable bonds is 2. The van der Waals surface area contributed by atoms with Gasteiger partial charge in [-0.1, -0.05) is 0 Å². The fraction of sp³-hybridized carbons (Fsp3) is 0. The Labute approximate surface area is 111 Å². The summed E-state index contributed by atoms with van der Waals surface area (Å²) in [5.74, 6) is 1.13. The summed E-state index contributed by atoms with van der Waals surface area (Å²) in [7, 11) is 0. The number of hydrogen-bond acceptors (Lipinski definition) is 4. The van der Waals surface area contributed by atoms with Crippen molar-refractivity contribution in [3.8, 4) is 11.6 Å². The highest BCUT2D eigenvalue weighted by Crippen LogP contribution is 2.30. The minimum Gasteiger partial charge on any atom is -0.438 e. The molecule has 0 aliphatic heterocycles. The maximum absolute atomic E-state index is 5.72. The van der Waals surface area contributed by atoms with Crippen LogP contribution in [0.2, 0.25) is 0 Å². The molecule has 0 saturated heterocycles. The summed E-state index contributed by atoms with van der Waals surface area (Å²) in [6, 6.07) is 8.93. The summed E-state index contributed by atoms with van der Waals surface area (Å²) in [6.07, 6.45) is 3.47. The lowest BCUT2D eigenvalue weighted by Gasteiger charge is -2.07. The zero-order valence-electron chi connectivity index (χ0n) is 9.25. The van der Waals surface area contributed by atoms with Gasteiger partial charge in [-0.15, -0.1) is 0 Å². The Morgan fingerprint density at radius 3 is 3.00 bits per heavy atom. The lowest BCUT2D eigenvalue weighted by Crippen LogP contribution is -1.94. The Balaban J connectivity index is 1.97. The van der Waals surface area contributed by atoms with E-state index < -0.39 is 0 Å². The van der Waals surface area contributed by atoms with Crippen molar-refractivity contribution >= 4 is 27.3 Å². The molecular formula is C12H9BrN4O. The fourth-order valence-corrected chi connectivity index (χ4v) is 1.89. The van der Waals surface area contributed by atoms with Crippen LogP contribution < -0.4 is 10.5 Å². The molecule has 0 atom stereocenters. The first kappa shape index (κ1) is 11.0. The van der Waals surface area contributed by atoms with E-state index in [1.165, 1.54) is 0 Å². The minimum absolute atomic E-state index is 0.495. The fourth-order valence-electron chi connectivity index (χ4n) is 1.56. The van der Waals surface area contributed by atoms with Crippen molar-refractivity contribution < 1.29 is 4.74 Å². The molecule has 2 N–H and O–H groups in total. The van der Waals surface area contributed by atoms with Gasteiger partial charge in [-0.3, -0.25) is 0 Å². The predicted molar refractivity (Wildman–Crippen MR) is 71.6 cm³/mol. The quantitative estimate of drug-likeness (QED) is 0.739. The molecule has 0 amide bonds. The Kier molecular flexibility index (Phi) is 2.64. The first-order valence-corrected chi connectivity index (χ1v) is 6.05. The Morgan fingerprint density at radius 2 is 2.11 bits per heavy atom. The Hall–Kier alpha value is -2.08. The van der Waals surface area contributed by atoms with Crippen LogP contribution in [0.5, 0.6) is 11.6 Å². The smallest absolute Gasteiger partial charge is 0.222 e. The molecule has 3 aromatic rings. The number of benzene rings is 1. The van der Waals surface area contributed by atoms with Gasteiger partial charge in [-0.25, -0.2) is 4.52 Å². The van der Waals surface area contributed by atoms with Crippen LogP contribution in [0, 0.1) is 0 Å². The summed E-state index contributed by atoms with van der Waals surface area (Å²) in [6.45, 7) is 0. The van der Waals surface area contributed by atoms with Crippen molar-refractivity contribution in [3.05, 3.63) is 47.2 Å². The first-order valence-electron chi connectivity index (χ1n) is 5.26. The van der Waals surface area contributed by atoms with Crippen LogP contribution >= 0.6 is 15.9 Å². The van der Waals surface area contributed by atoms with Gasteiger partial charge in [0.25, 0.3) is 0 Å². The summed E-state index contributed by atoms with van der Waals surface area (Å²) < 4.78 is 8.18. The second kappa shape index (κ2) is 4.30. The molecule has 5 nitrogen and oxygen atoms in total. The van der Waals surface area contributed by atoms with Crippen LogP contribution in [0.3, 0.4) is 0 Å². The number of hydrogen-bond donors (Lipinski definition) is 1. The van der Waals surface area contributed by atoms with E-state index in [1.54, 1.807) is 41.2 Å². The predicted octanol–water partition coefficient (Wildman–Crippen LogP) is 2.87. The topological polar surface area (TPSA) is 65.4 Å². The van der Waals surface area contributed by atoms with E-state index in [-0.39, 0.29) is 0 Å². The van der Waals surface area contributed by atoms with Crippen molar-refractivity contribution in [3.63, 3.8) is 0 Å². The molecule has 2 heterocycles. The van der Waals surface area contributed by atoms with E-state index in [1.807, 2.05) is 6.07 Å². The second-order valence-electron chi connectivity index (χ2n) is 3.69. The third-order valence-corrected chi connectivity index (χ3v) is 3.06. The third kappa shape index (κ3) is 2.02. The highest BCUT2D eigenvalue weighted by molar-refractivity contribution is 9.10. The Bertz CT molecular complexity index is 710. The van der Waals surface area contributed by atoms with Crippen LogP contribution in [0.15, 0.2) is 47.2 Å². The highest BCUT2D eigenvalue weighted by Gasteiger charge is 2.05. The second-order valence-corrected chi connectivity index (χ2v) is 4.55. The van der Waals surface area contributed by atoms with Gasteiger partial charge in [0.05, 0.1) is 10.7 Å². The van der Waals surface area contributed by atoms with Crippen molar-refractivity contribution in [2.75, 3.05) is 5.73 Å². The first-order chi connectivity index (χ1) is 8.72. The number of nitrogen functional groups attached to an aromatic ring is 1. The third-order valence-electron chi connectivity index (χ3n) is 2.40. The molecule has 6 heteroatoms. The number of nitrogens with two attached hydrogens (primary N) is 1. The number of nitrogens with zero attached hydrogens (tertiary/aromatic N) is 3. The molecule has 0 unspecified atom stereocenters. The summed E-state index contributed by atoms with van der Waals surface area (Å²) in [5.41, 5.74) is 7.09. The molecule has 1 aromatic carbocycles. The van der Waals surface area contributed by atoms with E-state index >= 15 is 0 Å². The van der Waals surface area contributed by atoms with E-state index in [9.17, 15) is 0 Å². The van der Waals surface area contributed by atoms with Crippen molar-refractivity contribution in [1.82, 2.24) is 14.6 Å². The van der Waals surface area contributed by atoms with Crippen LogP contribution in [-0.4, -0.2) is 14.6 Å². The summed E-state index contributed by atoms with van der Waals surface area (Å²) in [4.78, 5) is 4.32. The maximum Gasteiger partial charge on any atom is 0.222 e. The average Bonchev–Trinajstić information content (AvgIpc) is 2.81. The van der Waals surface area contributed by atoms with Gasteiger partial charge >= 0.3 is 0 Å².